The third kappa shape index (κ3) is 4.55. The van der Waals surface area contributed by atoms with E-state index in [4.69, 9.17) is 0 Å². The summed E-state index contributed by atoms with van der Waals surface area (Å²) in [6, 6.07) is 12.8. The van der Waals surface area contributed by atoms with E-state index >= 15 is 0 Å². The smallest absolute Gasteiger partial charge is 0.258 e. The number of benzene rings is 2. The van der Waals surface area contributed by atoms with Crippen LogP contribution in [0.4, 0.5) is 17.3 Å². The van der Waals surface area contributed by atoms with Crippen LogP contribution in [0.2, 0.25) is 0 Å². The largest absolute Gasteiger partial charge is 0.324 e. The van der Waals surface area contributed by atoms with Crippen molar-refractivity contribution in [1.82, 2.24) is 9.97 Å². The number of aromatic nitrogens is 2. The predicted molar refractivity (Wildman–Crippen MR) is 106 cm³/mol. The van der Waals surface area contributed by atoms with Gasteiger partial charge in [-0.1, -0.05) is 12.1 Å². The van der Waals surface area contributed by atoms with E-state index in [0.29, 0.717) is 22.8 Å². The van der Waals surface area contributed by atoms with Gasteiger partial charge in [-0.25, -0.2) is 9.97 Å². The Balaban J connectivity index is 1.68. The summed E-state index contributed by atoms with van der Waals surface area (Å²) in [7, 11) is 0. The van der Waals surface area contributed by atoms with Gasteiger partial charge in [-0.3, -0.25) is 9.59 Å². The minimum atomic E-state index is -0.316. The Hall–Kier alpha value is -3.54. The molecule has 1 amide bonds. The normalized spacial score (nSPS) is 10.3. The Kier molecular flexibility index (Phi) is 5.26. The summed E-state index contributed by atoms with van der Waals surface area (Å²) in [6.07, 6.45) is 2.94. The van der Waals surface area contributed by atoms with Crippen LogP contribution >= 0.6 is 0 Å². The van der Waals surface area contributed by atoms with Gasteiger partial charge in [0, 0.05) is 29.3 Å². The molecule has 0 aliphatic heterocycles. The topological polar surface area (TPSA) is 84.0 Å². The van der Waals surface area contributed by atoms with Crippen LogP contribution in [0, 0.1) is 13.8 Å². The number of carbonyl (C=O) groups excluding carboxylic acids is 2. The molecule has 136 valence electrons. The van der Waals surface area contributed by atoms with E-state index in [-0.39, 0.29) is 11.7 Å². The lowest BCUT2D eigenvalue weighted by Crippen LogP contribution is -2.13. The second kappa shape index (κ2) is 7.78. The van der Waals surface area contributed by atoms with Crippen molar-refractivity contribution in [2.45, 2.75) is 20.8 Å². The summed E-state index contributed by atoms with van der Waals surface area (Å²) in [6.45, 7) is 5.52. The van der Waals surface area contributed by atoms with Crippen molar-refractivity contribution in [3.05, 3.63) is 77.1 Å². The van der Waals surface area contributed by atoms with Crippen LogP contribution in [0.3, 0.4) is 0 Å². The molecule has 0 saturated heterocycles. The summed E-state index contributed by atoms with van der Waals surface area (Å²) in [4.78, 5) is 32.0. The zero-order valence-electron chi connectivity index (χ0n) is 15.4. The molecule has 2 N–H and O–H groups in total. The number of nitrogens with one attached hydrogen (secondary N) is 2. The van der Waals surface area contributed by atoms with Crippen LogP contribution in [0.25, 0.3) is 0 Å². The van der Waals surface area contributed by atoms with Gasteiger partial charge in [-0.15, -0.1) is 0 Å². The van der Waals surface area contributed by atoms with E-state index in [9.17, 15) is 9.59 Å². The first-order valence-corrected chi connectivity index (χ1v) is 8.51. The van der Waals surface area contributed by atoms with Gasteiger partial charge in [0.05, 0.1) is 5.56 Å². The van der Waals surface area contributed by atoms with E-state index in [2.05, 4.69) is 20.6 Å². The van der Waals surface area contributed by atoms with Gasteiger partial charge >= 0.3 is 0 Å². The number of hydrogen-bond donors (Lipinski definition) is 2. The van der Waals surface area contributed by atoms with Crippen molar-refractivity contribution in [2.75, 3.05) is 10.6 Å². The second-order valence-electron chi connectivity index (χ2n) is 6.33. The summed E-state index contributed by atoms with van der Waals surface area (Å²) in [5.74, 6) is 0.0862. The van der Waals surface area contributed by atoms with Gasteiger partial charge in [-0.2, -0.15) is 0 Å². The quantitative estimate of drug-likeness (QED) is 0.663. The van der Waals surface area contributed by atoms with Gasteiger partial charge in [0.2, 0.25) is 5.95 Å². The lowest BCUT2D eigenvalue weighted by atomic mass is 10.1. The summed E-state index contributed by atoms with van der Waals surface area (Å²) in [5, 5.41) is 5.92. The third-order valence-corrected chi connectivity index (χ3v) is 4.10. The molecular formula is C21H20N4O2. The number of amides is 1. The number of hydrogen-bond acceptors (Lipinski definition) is 5. The van der Waals surface area contributed by atoms with Crippen LogP contribution in [0.5, 0.6) is 0 Å². The van der Waals surface area contributed by atoms with Crippen LogP contribution in [-0.4, -0.2) is 21.7 Å². The number of ketones is 1. The van der Waals surface area contributed by atoms with Crippen LogP contribution < -0.4 is 10.6 Å². The molecule has 6 nitrogen and oxygen atoms in total. The zero-order chi connectivity index (χ0) is 19.4. The van der Waals surface area contributed by atoms with E-state index < -0.39 is 0 Å². The van der Waals surface area contributed by atoms with Gasteiger partial charge in [0.15, 0.2) is 5.78 Å². The first-order chi connectivity index (χ1) is 12.9. The maximum absolute atomic E-state index is 12.3. The Morgan fingerprint density at radius 1 is 0.889 bits per heavy atom. The van der Waals surface area contributed by atoms with E-state index in [1.54, 1.807) is 24.3 Å². The van der Waals surface area contributed by atoms with E-state index in [1.807, 2.05) is 32.0 Å². The first kappa shape index (κ1) is 18.3. The highest BCUT2D eigenvalue weighted by Gasteiger charge is 2.09. The van der Waals surface area contributed by atoms with Gasteiger partial charge < -0.3 is 10.6 Å². The highest BCUT2D eigenvalue weighted by molar-refractivity contribution is 6.04. The molecule has 0 atom stereocenters. The van der Waals surface area contributed by atoms with Crippen molar-refractivity contribution in [2.24, 2.45) is 0 Å². The summed E-state index contributed by atoms with van der Waals surface area (Å²) in [5.41, 5.74) is 4.69. The average Bonchev–Trinajstić information content (AvgIpc) is 2.65. The molecule has 0 radical (unpaired) electrons. The molecular weight excluding hydrogens is 340 g/mol. The second-order valence-corrected chi connectivity index (χ2v) is 6.33. The van der Waals surface area contributed by atoms with Crippen molar-refractivity contribution in [1.29, 1.82) is 0 Å². The number of carbonyl (C=O) groups is 2. The molecule has 0 aliphatic carbocycles. The van der Waals surface area contributed by atoms with Gasteiger partial charge in [-0.05, 0) is 62.2 Å². The molecule has 0 bridgehead atoms. The fourth-order valence-electron chi connectivity index (χ4n) is 2.49. The lowest BCUT2D eigenvalue weighted by Gasteiger charge is -2.09. The van der Waals surface area contributed by atoms with Crippen LogP contribution in [0.15, 0.2) is 54.9 Å². The Morgan fingerprint density at radius 3 is 2.19 bits per heavy atom. The van der Waals surface area contributed by atoms with Crippen LogP contribution in [-0.2, 0) is 0 Å². The zero-order valence-corrected chi connectivity index (χ0v) is 15.4. The predicted octanol–water partition coefficient (Wildman–Crippen LogP) is 4.29. The molecule has 1 heterocycles. The molecule has 0 spiro atoms. The molecule has 0 unspecified atom stereocenters. The standard InChI is InChI=1S/C21H20N4O2/c1-13-4-5-14(2)19(10-13)25-21-22-11-17(12-23-21)20(27)24-18-8-6-16(7-9-18)15(3)26/h4-12H,1-3H3,(H,24,27)(H,22,23,25). The molecule has 3 rings (SSSR count). The number of Topliss-reactive ketones (excluding diaryl/α,β-unsaturated/α-hetero) is 1. The van der Waals surface area contributed by atoms with Crippen LogP contribution in [0.1, 0.15) is 38.8 Å². The van der Waals surface area contributed by atoms with E-state index in [1.165, 1.54) is 19.3 Å². The van der Waals surface area contributed by atoms with Crippen molar-refractivity contribution in [3.8, 4) is 0 Å². The van der Waals surface area contributed by atoms with Gasteiger partial charge in [0.1, 0.15) is 0 Å². The first-order valence-electron chi connectivity index (χ1n) is 8.51. The molecule has 2 aromatic carbocycles. The van der Waals surface area contributed by atoms with E-state index in [0.717, 1.165) is 16.8 Å². The Morgan fingerprint density at radius 2 is 1.56 bits per heavy atom. The minimum Gasteiger partial charge on any atom is -0.324 e. The molecule has 0 fully saturated rings. The molecule has 0 saturated carbocycles. The maximum atomic E-state index is 12.3. The summed E-state index contributed by atoms with van der Waals surface area (Å²) >= 11 is 0. The monoisotopic (exact) mass is 360 g/mol. The fraction of sp³-hybridized carbons (Fsp3) is 0.143. The maximum Gasteiger partial charge on any atom is 0.258 e. The van der Waals surface area contributed by atoms with Gasteiger partial charge in [0.25, 0.3) is 5.91 Å². The number of nitrogens with zero attached hydrogens (tertiary/aromatic N) is 2. The number of anilines is 3. The molecule has 1 aromatic heterocycles. The van der Waals surface area contributed by atoms with Crippen molar-refractivity contribution >= 4 is 29.0 Å². The lowest BCUT2D eigenvalue weighted by molar-refractivity contribution is 0.101. The highest BCUT2D eigenvalue weighted by atomic mass is 16.1. The SMILES string of the molecule is CC(=O)c1ccc(NC(=O)c2cnc(Nc3cc(C)ccc3C)nc2)cc1. The fourth-order valence-corrected chi connectivity index (χ4v) is 2.49. The third-order valence-electron chi connectivity index (χ3n) is 4.10. The number of rotatable bonds is 5. The molecule has 0 aliphatic rings. The molecule has 27 heavy (non-hydrogen) atoms. The van der Waals surface area contributed by atoms with Crippen molar-refractivity contribution in [3.63, 3.8) is 0 Å². The Bertz CT molecular complexity index is 980. The number of aryl methyl sites for hydroxylation is 2. The molecule has 6 heteroatoms. The molecule has 3 aromatic rings. The van der Waals surface area contributed by atoms with Crippen molar-refractivity contribution < 1.29 is 9.59 Å². The Labute approximate surface area is 157 Å². The minimum absolute atomic E-state index is 0.0202. The summed E-state index contributed by atoms with van der Waals surface area (Å²) < 4.78 is 0. The highest BCUT2D eigenvalue weighted by Crippen LogP contribution is 2.19. The average molecular weight is 360 g/mol.